The fourth-order valence-corrected chi connectivity index (χ4v) is 9.54. The molecule has 234 valence electrons. The van der Waals surface area contributed by atoms with Crippen LogP contribution in [0.2, 0.25) is 0 Å². The Kier molecular flexibility index (Phi) is 8.49. The van der Waals surface area contributed by atoms with E-state index in [0.29, 0.717) is 13.1 Å². The molecule has 0 fully saturated rings. The van der Waals surface area contributed by atoms with Crippen LogP contribution in [0.4, 0.5) is 11.4 Å². The summed E-state index contributed by atoms with van der Waals surface area (Å²) in [5.74, 6) is 2.94. The molecule has 0 amide bonds. The van der Waals surface area contributed by atoms with Crippen LogP contribution in [0, 0.1) is 0 Å². The first-order valence-corrected chi connectivity index (χ1v) is 18.7. The zero-order valence-electron chi connectivity index (χ0n) is 25.8. The molecule has 0 aromatic heterocycles. The van der Waals surface area contributed by atoms with Crippen LogP contribution in [-0.2, 0) is 0 Å². The normalized spacial score (nSPS) is 14.8. The Labute approximate surface area is 270 Å². The Morgan fingerprint density at radius 3 is 1.00 bits per heavy atom. The van der Waals surface area contributed by atoms with Crippen LogP contribution >= 0.6 is 15.3 Å². The number of benzene rings is 5. The lowest BCUT2D eigenvalue weighted by molar-refractivity contribution is 0.486. The average Bonchev–Trinajstić information content (AvgIpc) is 3.31. The van der Waals surface area contributed by atoms with Crippen molar-refractivity contribution < 1.29 is 18.1 Å². The first-order valence-electron chi connectivity index (χ1n) is 15.6. The first-order chi connectivity index (χ1) is 22.6. The van der Waals surface area contributed by atoms with E-state index in [9.17, 15) is 0 Å². The van der Waals surface area contributed by atoms with Crippen LogP contribution in [0.25, 0.3) is 22.3 Å². The third-order valence-corrected chi connectivity index (χ3v) is 11.5. The molecular weight excluding hydrogens is 614 g/mol. The van der Waals surface area contributed by atoms with Crippen LogP contribution in [-0.4, -0.2) is 13.1 Å². The van der Waals surface area contributed by atoms with E-state index in [1.807, 2.05) is 97.1 Å². The summed E-state index contributed by atoms with van der Waals surface area (Å²) in [5.41, 5.74) is 5.53. The van der Waals surface area contributed by atoms with Crippen LogP contribution in [0.1, 0.15) is 26.7 Å². The van der Waals surface area contributed by atoms with Gasteiger partial charge in [-0.25, -0.2) is 9.49 Å². The summed E-state index contributed by atoms with van der Waals surface area (Å²) in [6, 6.07) is 39.9. The van der Waals surface area contributed by atoms with E-state index in [2.05, 4.69) is 48.3 Å². The molecule has 2 aliphatic heterocycles. The summed E-state index contributed by atoms with van der Waals surface area (Å²) in [4.78, 5) is 0. The fourth-order valence-electron chi connectivity index (χ4n) is 5.33. The van der Waals surface area contributed by atoms with Gasteiger partial charge in [0.1, 0.15) is 23.0 Å². The van der Waals surface area contributed by atoms with E-state index in [4.69, 9.17) is 27.6 Å². The quantitative estimate of drug-likeness (QED) is 0.163. The molecule has 8 nitrogen and oxygen atoms in total. The number of rotatable bonds is 8. The van der Waals surface area contributed by atoms with Gasteiger partial charge >= 0.3 is 15.3 Å². The largest absolute Gasteiger partial charge is 0.422 e. The van der Waals surface area contributed by atoms with Crippen molar-refractivity contribution >= 4 is 26.7 Å². The summed E-state index contributed by atoms with van der Waals surface area (Å²) in [5, 5.41) is 7.11. The van der Waals surface area contributed by atoms with Crippen molar-refractivity contribution in [3.05, 3.63) is 121 Å². The van der Waals surface area contributed by atoms with Gasteiger partial charge in [0.2, 0.25) is 0 Å². The summed E-state index contributed by atoms with van der Waals surface area (Å²) in [6.07, 6.45) is 1.73. The number of hydrogen-bond donors (Lipinski definition) is 2. The number of nitrogens with zero attached hydrogens (tertiary/aromatic N) is 2. The highest BCUT2D eigenvalue weighted by molar-refractivity contribution is 7.59. The number of nitrogens with one attached hydrogen (secondary N) is 2. The van der Waals surface area contributed by atoms with E-state index >= 15 is 0 Å². The molecule has 0 bridgehead atoms. The van der Waals surface area contributed by atoms with Crippen LogP contribution in [0.15, 0.2) is 131 Å². The lowest BCUT2D eigenvalue weighted by Gasteiger charge is -2.26. The minimum absolute atomic E-state index is 0.592. The molecule has 2 aliphatic rings. The molecule has 0 aliphatic carbocycles. The number of para-hydroxylation sites is 4. The van der Waals surface area contributed by atoms with E-state index in [0.717, 1.165) is 69.5 Å². The third kappa shape index (κ3) is 6.11. The lowest BCUT2D eigenvalue weighted by atomic mass is 10.0. The van der Waals surface area contributed by atoms with Gasteiger partial charge in [-0.3, -0.25) is 10.2 Å². The van der Waals surface area contributed by atoms with Gasteiger partial charge in [0.15, 0.2) is 0 Å². The van der Waals surface area contributed by atoms with Crippen molar-refractivity contribution in [2.24, 2.45) is 9.49 Å². The Morgan fingerprint density at radius 2 is 0.717 bits per heavy atom. The molecule has 0 unspecified atom stereocenters. The minimum Gasteiger partial charge on any atom is -0.414 e. The van der Waals surface area contributed by atoms with Crippen LogP contribution in [0.5, 0.6) is 23.0 Å². The molecule has 5 aromatic carbocycles. The Balaban J connectivity index is 1.22. The second kappa shape index (κ2) is 13.0. The van der Waals surface area contributed by atoms with Gasteiger partial charge in [0.25, 0.3) is 0 Å². The SMILES string of the molecule is CCCN=P1(Nc2ccc(NP3(=NCCC)Oc4ccccc4-c4ccccc4O3)cc2)Oc2ccccc2-c2ccccc2O1. The summed E-state index contributed by atoms with van der Waals surface area (Å²) >= 11 is 0. The predicted octanol–water partition coefficient (Wildman–Crippen LogP) is 11.5. The summed E-state index contributed by atoms with van der Waals surface area (Å²) in [7, 11) is -6.00. The first kappa shape index (κ1) is 30.0. The number of anilines is 2. The van der Waals surface area contributed by atoms with E-state index in [1.54, 1.807) is 0 Å². The summed E-state index contributed by atoms with van der Waals surface area (Å²) in [6.45, 7) is 5.37. The molecule has 2 heterocycles. The topological polar surface area (TPSA) is 85.7 Å². The summed E-state index contributed by atoms with van der Waals surface area (Å²) < 4.78 is 36.7. The van der Waals surface area contributed by atoms with Gasteiger partial charge in [0.05, 0.1) is 0 Å². The standard InChI is InChI=1S/C36H36N4O4P2/c1-3-25-37-45(41-33-17-9-5-13-29(33)30-14-6-10-18-34(30)42-45)39-27-21-23-28(24-22-27)40-46(38-26-4-2)43-35-19-11-7-15-31(35)32-16-8-12-20-36(32)44-46/h5-24,39-40H,3-4,25-26H2,1-2H3. The smallest absolute Gasteiger partial charge is 0.414 e. The fraction of sp³-hybridized carbons (Fsp3) is 0.167. The zero-order valence-corrected chi connectivity index (χ0v) is 27.6. The van der Waals surface area contributed by atoms with Crippen molar-refractivity contribution in [3.63, 3.8) is 0 Å². The van der Waals surface area contributed by atoms with Crippen LogP contribution < -0.4 is 28.3 Å². The number of fused-ring (bicyclic) bond motifs is 6. The Hall–Kier alpha value is -4.64. The molecule has 0 saturated carbocycles. The molecular formula is C36H36N4O4P2. The second-order valence-electron chi connectivity index (χ2n) is 10.9. The van der Waals surface area contributed by atoms with Crippen molar-refractivity contribution in [2.45, 2.75) is 26.7 Å². The minimum atomic E-state index is -3.00. The van der Waals surface area contributed by atoms with E-state index in [-0.39, 0.29) is 0 Å². The van der Waals surface area contributed by atoms with Crippen LogP contribution in [0.3, 0.4) is 0 Å². The van der Waals surface area contributed by atoms with Crippen molar-refractivity contribution in [1.82, 2.24) is 0 Å². The van der Waals surface area contributed by atoms with Crippen molar-refractivity contribution in [2.75, 3.05) is 23.3 Å². The molecule has 0 radical (unpaired) electrons. The third-order valence-electron chi connectivity index (χ3n) is 7.46. The highest BCUT2D eigenvalue weighted by Crippen LogP contribution is 2.59. The molecule has 46 heavy (non-hydrogen) atoms. The maximum absolute atomic E-state index is 6.67. The molecule has 0 atom stereocenters. The van der Waals surface area contributed by atoms with E-state index < -0.39 is 15.3 Å². The molecule has 0 spiro atoms. The van der Waals surface area contributed by atoms with Gasteiger partial charge in [-0.05, 0) is 61.4 Å². The van der Waals surface area contributed by atoms with Gasteiger partial charge in [0, 0.05) is 46.7 Å². The van der Waals surface area contributed by atoms with Crippen molar-refractivity contribution in [3.8, 4) is 45.3 Å². The molecule has 2 N–H and O–H groups in total. The van der Waals surface area contributed by atoms with Gasteiger partial charge in [-0.1, -0.05) is 86.6 Å². The highest BCUT2D eigenvalue weighted by Gasteiger charge is 2.34. The lowest BCUT2D eigenvalue weighted by Crippen LogP contribution is -2.11. The molecule has 0 saturated heterocycles. The predicted molar refractivity (Wildman–Crippen MR) is 189 cm³/mol. The highest BCUT2D eigenvalue weighted by atomic mass is 31.2. The van der Waals surface area contributed by atoms with Gasteiger partial charge < -0.3 is 18.1 Å². The van der Waals surface area contributed by atoms with Gasteiger partial charge in [-0.2, -0.15) is 0 Å². The van der Waals surface area contributed by atoms with Gasteiger partial charge in [-0.15, -0.1) is 0 Å². The Morgan fingerprint density at radius 1 is 0.435 bits per heavy atom. The molecule has 10 heteroatoms. The van der Waals surface area contributed by atoms with E-state index in [1.165, 1.54) is 0 Å². The Bertz CT molecular complexity index is 1730. The van der Waals surface area contributed by atoms with Crippen molar-refractivity contribution in [1.29, 1.82) is 0 Å². The maximum Gasteiger partial charge on any atom is 0.422 e. The molecule has 5 aromatic rings. The zero-order chi connectivity index (χ0) is 31.4. The average molecular weight is 651 g/mol. The maximum atomic E-state index is 6.67. The number of hydrogen-bond acceptors (Lipinski definition) is 6. The second-order valence-corrected chi connectivity index (χ2v) is 14.7. The molecule has 7 rings (SSSR count). The monoisotopic (exact) mass is 650 g/mol.